The predicted molar refractivity (Wildman–Crippen MR) is 62.9 cm³/mol. The molecular weight excluding hydrogens is 220 g/mol. The number of nitrogens with zero attached hydrogens (tertiary/aromatic N) is 1. The molecule has 1 aliphatic rings. The molecule has 5 nitrogen and oxygen atoms in total. The first-order chi connectivity index (χ1) is 8.31. The Morgan fingerprint density at radius 1 is 1.35 bits per heavy atom. The topological polar surface area (TPSA) is 58.6 Å². The molecule has 1 aromatic rings. The molecule has 0 aliphatic carbocycles. The summed E-state index contributed by atoms with van der Waals surface area (Å²) in [5.41, 5.74) is 1.21. The van der Waals surface area contributed by atoms with Crippen molar-refractivity contribution in [2.45, 2.75) is 0 Å². The number of carbonyl (C=O) groups is 2. The van der Waals surface area contributed by atoms with Crippen molar-refractivity contribution >= 4 is 18.0 Å². The van der Waals surface area contributed by atoms with E-state index in [2.05, 4.69) is 5.32 Å². The standard InChI is InChI=1S/C12H14N2O3/c15-9-13-11-3-1-2-10(8-11)12(16)14-4-6-17-7-5-14/h1-3,8-9H,4-7H2,(H,13,15). The molecule has 0 spiro atoms. The molecule has 2 rings (SSSR count). The van der Waals surface area contributed by atoms with E-state index in [0.29, 0.717) is 44.0 Å². The molecule has 2 amide bonds. The second-order valence-electron chi connectivity index (χ2n) is 3.75. The maximum atomic E-state index is 12.1. The Morgan fingerprint density at radius 3 is 2.82 bits per heavy atom. The number of morpholine rings is 1. The van der Waals surface area contributed by atoms with Crippen molar-refractivity contribution in [3.05, 3.63) is 29.8 Å². The van der Waals surface area contributed by atoms with Gasteiger partial charge in [-0.05, 0) is 18.2 Å². The van der Waals surface area contributed by atoms with Crippen LogP contribution in [0.2, 0.25) is 0 Å². The van der Waals surface area contributed by atoms with Crippen LogP contribution in [-0.4, -0.2) is 43.5 Å². The number of nitrogens with one attached hydrogen (secondary N) is 1. The fourth-order valence-electron chi connectivity index (χ4n) is 1.76. The lowest BCUT2D eigenvalue weighted by Gasteiger charge is -2.26. The molecule has 5 heteroatoms. The summed E-state index contributed by atoms with van der Waals surface area (Å²) >= 11 is 0. The molecule has 0 atom stereocenters. The van der Waals surface area contributed by atoms with Crippen molar-refractivity contribution in [2.75, 3.05) is 31.6 Å². The van der Waals surface area contributed by atoms with Crippen LogP contribution in [0.15, 0.2) is 24.3 Å². The Morgan fingerprint density at radius 2 is 2.12 bits per heavy atom. The van der Waals surface area contributed by atoms with Crippen molar-refractivity contribution in [3.63, 3.8) is 0 Å². The highest BCUT2D eigenvalue weighted by atomic mass is 16.5. The Bertz CT molecular complexity index is 414. The Balaban J connectivity index is 2.12. The van der Waals surface area contributed by atoms with Crippen LogP contribution in [0.5, 0.6) is 0 Å². The van der Waals surface area contributed by atoms with Gasteiger partial charge in [-0.15, -0.1) is 0 Å². The zero-order valence-corrected chi connectivity index (χ0v) is 9.39. The molecule has 1 aromatic carbocycles. The summed E-state index contributed by atoms with van der Waals surface area (Å²) in [7, 11) is 0. The molecule has 0 bridgehead atoms. The molecule has 0 radical (unpaired) electrons. The normalized spacial score (nSPS) is 15.4. The third kappa shape index (κ3) is 2.82. The fourth-order valence-corrected chi connectivity index (χ4v) is 1.76. The third-order valence-corrected chi connectivity index (χ3v) is 2.63. The van der Waals surface area contributed by atoms with E-state index >= 15 is 0 Å². The van der Waals surface area contributed by atoms with Crippen molar-refractivity contribution < 1.29 is 14.3 Å². The van der Waals surface area contributed by atoms with Crippen molar-refractivity contribution in [2.24, 2.45) is 0 Å². The molecule has 90 valence electrons. The van der Waals surface area contributed by atoms with Gasteiger partial charge in [0.05, 0.1) is 13.2 Å². The Hall–Kier alpha value is -1.88. The van der Waals surface area contributed by atoms with Gasteiger partial charge in [-0.1, -0.05) is 6.07 Å². The summed E-state index contributed by atoms with van der Waals surface area (Å²) in [4.78, 5) is 24.2. The second-order valence-corrected chi connectivity index (χ2v) is 3.75. The van der Waals surface area contributed by atoms with Gasteiger partial charge in [0.15, 0.2) is 0 Å². The van der Waals surface area contributed by atoms with Gasteiger partial charge in [-0.25, -0.2) is 0 Å². The maximum absolute atomic E-state index is 12.1. The monoisotopic (exact) mass is 234 g/mol. The number of hydrogen-bond donors (Lipinski definition) is 1. The van der Waals surface area contributed by atoms with Crippen molar-refractivity contribution in [1.82, 2.24) is 4.90 Å². The molecule has 0 aromatic heterocycles. The van der Waals surface area contributed by atoms with Gasteiger partial charge in [-0.3, -0.25) is 9.59 Å². The van der Waals surface area contributed by atoms with Crippen molar-refractivity contribution in [1.29, 1.82) is 0 Å². The number of ether oxygens (including phenoxy) is 1. The van der Waals surface area contributed by atoms with Crippen LogP contribution in [0.25, 0.3) is 0 Å². The lowest BCUT2D eigenvalue weighted by atomic mass is 10.1. The van der Waals surface area contributed by atoms with E-state index < -0.39 is 0 Å². The van der Waals surface area contributed by atoms with Gasteiger partial charge in [0.1, 0.15) is 0 Å². The van der Waals surface area contributed by atoms with E-state index in [4.69, 9.17) is 4.74 Å². The number of anilines is 1. The molecule has 17 heavy (non-hydrogen) atoms. The highest BCUT2D eigenvalue weighted by molar-refractivity contribution is 5.95. The van der Waals surface area contributed by atoms with Crippen LogP contribution >= 0.6 is 0 Å². The van der Waals surface area contributed by atoms with Gasteiger partial charge in [-0.2, -0.15) is 0 Å². The van der Waals surface area contributed by atoms with Crippen LogP contribution in [0.3, 0.4) is 0 Å². The fraction of sp³-hybridized carbons (Fsp3) is 0.333. The van der Waals surface area contributed by atoms with Gasteiger partial charge in [0, 0.05) is 24.3 Å². The first-order valence-electron chi connectivity index (χ1n) is 5.48. The van der Waals surface area contributed by atoms with Crippen LogP contribution < -0.4 is 5.32 Å². The van der Waals surface area contributed by atoms with E-state index in [-0.39, 0.29) is 5.91 Å². The van der Waals surface area contributed by atoms with E-state index in [1.54, 1.807) is 29.2 Å². The molecule has 0 unspecified atom stereocenters. The van der Waals surface area contributed by atoms with Crippen LogP contribution in [0.1, 0.15) is 10.4 Å². The van der Waals surface area contributed by atoms with Gasteiger partial charge in [0.25, 0.3) is 5.91 Å². The minimum absolute atomic E-state index is 0.0251. The lowest BCUT2D eigenvalue weighted by Crippen LogP contribution is -2.40. The first kappa shape index (κ1) is 11.6. The number of hydrogen-bond acceptors (Lipinski definition) is 3. The smallest absolute Gasteiger partial charge is 0.254 e. The zero-order valence-electron chi connectivity index (χ0n) is 9.39. The lowest BCUT2D eigenvalue weighted by molar-refractivity contribution is -0.105. The molecule has 1 aliphatic heterocycles. The van der Waals surface area contributed by atoms with Crippen LogP contribution in [0, 0.1) is 0 Å². The predicted octanol–water partition coefficient (Wildman–Crippen LogP) is 0.727. The highest BCUT2D eigenvalue weighted by Crippen LogP contribution is 2.13. The van der Waals surface area contributed by atoms with E-state index in [1.807, 2.05) is 0 Å². The first-order valence-corrected chi connectivity index (χ1v) is 5.48. The summed E-state index contributed by atoms with van der Waals surface area (Å²) in [6.07, 6.45) is 0.596. The second kappa shape index (κ2) is 5.45. The SMILES string of the molecule is O=CNc1cccc(C(=O)N2CCOCC2)c1. The highest BCUT2D eigenvalue weighted by Gasteiger charge is 2.18. The summed E-state index contributed by atoms with van der Waals surface area (Å²) in [6.45, 7) is 2.39. The molecular formula is C12H14N2O3. The van der Waals surface area contributed by atoms with E-state index in [1.165, 1.54) is 0 Å². The van der Waals surface area contributed by atoms with Gasteiger partial charge < -0.3 is 15.0 Å². The summed E-state index contributed by atoms with van der Waals surface area (Å²) in [5.74, 6) is -0.0251. The van der Waals surface area contributed by atoms with Crippen LogP contribution in [-0.2, 0) is 9.53 Å². The number of amides is 2. The number of rotatable bonds is 3. The van der Waals surface area contributed by atoms with Crippen molar-refractivity contribution in [3.8, 4) is 0 Å². The average molecular weight is 234 g/mol. The summed E-state index contributed by atoms with van der Waals surface area (Å²) in [6, 6.07) is 6.91. The number of carbonyl (C=O) groups excluding carboxylic acids is 2. The molecule has 1 saturated heterocycles. The van der Waals surface area contributed by atoms with Gasteiger partial charge in [0.2, 0.25) is 6.41 Å². The molecule has 1 fully saturated rings. The minimum Gasteiger partial charge on any atom is -0.378 e. The Kier molecular flexibility index (Phi) is 3.72. The molecule has 1 heterocycles. The Labute approximate surface area is 99.4 Å². The molecule has 0 saturated carbocycles. The maximum Gasteiger partial charge on any atom is 0.254 e. The van der Waals surface area contributed by atoms with Crippen LogP contribution in [0.4, 0.5) is 5.69 Å². The molecule has 1 N–H and O–H groups in total. The minimum atomic E-state index is -0.0251. The average Bonchev–Trinajstić information content (AvgIpc) is 2.40. The van der Waals surface area contributed by atoms with E-state index in [9.17, 15) is 9.59 Å². The third-order valence-electron chi connectivity index (χ3n) is 2.63. The quantitative estimate of drug-likeness (QED) is 0.784. The zero-order chi connectivity index (χ0) is 12.1. The number of benzene rings is 1. The summed E-state index contributed by atoms with van der Waals surface area (Å²) < 4.78 is 5.20. The van der Waals surface area contributed by atoms with Gasteiger partial charge >= 0.3 is 0 Å². The largest absolute Gasteiger partial charge is 0.378 e. The van der Waals surface area contributed by atoms with E-state index in [0.717, 1.165) is 0 Å². The summed E-state index contributed by atoms with van der Waals surface area (Å²) in [5, 5.41) is 2.53.